The van der Waals surface area contributed by atoms with Crippen molar-refractivity contribution in [2.75, 3.05) is 6.61 Å². The van der Waals surface area contributed by atoms with E-state index in [-0.39, 0.29) is 5.41 Å². The highest BCUT2D eigenvalue weighted by molar-refractivity contribution is 7.31. The summed E-state index contributed by atoms with van der Waals surface area (Å²) in [6.45, 7) is 27.9. The molecule has 4 rings (SSSR count). The second-order valence-electron chi connectivity index (χ2n) is 20.6. The molecule has 4 atom stereocenters. The summed E-state index contributed by atoms with van der Waals surface area (Å²) in [5.41, 5.74) is 10.6. The SMILES string of the molecule is CCCCC(CC)Cc1cc(CC(CC)CCCC)c2op(OCCCc3cc(C)c(O)c(C(C)(C)C)c3)oc3c(CC(CC)CCCC)cc(CC(CC)CCCC)cc3c2c1. The number of fused-ring (bicyclic) bond motifs is 3. The van der Waals surface area contributed by atoms with E-state index in [0.29, 0.717) is 36.0 Å². The molecule has 1 N–H and O–H groups in total. The quantitative estimate of drug-likeness (QED) is 0.0552. The molecule has 3 aromatic carbocycles. The summed E-state index contributed by atoms with van der Waals surface area (Å²) in [6.07, 6.45) is 25.8. The molecule has 63 heavy (non-hydrogen) atoms. The van der Waals surface area contributed by atoms with Crippen LogP contribution < -0.4 is 4.52 Å². The van der Waals surface area contributed by atoms with Gasteiger partial charge in [0.25, 0.3) is 0 Å². The van der Waals surface area contributed by atoms with Crippen molar-refractivity contribution >= 4 is 30.2 Å². The highest BCUT2D eigenvalue weighted by Gasteiger charge is 2.23. The zero-order valence-electron chi connectivity index (χ0n) is 42.7. The Kier molecular flexibility index (Phi) is 22.8. The summed E-state index contributed by atoms with van der Waals surface area (Å²) in [5, 5.41) is 13.4. The summed E-state index contributed by atoms with van der Waals surface area (Å²) in [7, 11) is -1.72. The fourth-order valence-corrected chi connectivity index (χ4v) is 11.1. The van der Waals surface area contributed by atoms with Crippen molar-refractivity contribution in [1.82, 2.24) is 0 Å². The summed E-state index contributed by atoms with van der Waals surface area (Å²) < 4.78 is 21.3. The predicted molar refractivity (Wildman–Crippen MR) is 276 cm³/mol. The second-order valence-corrected chi connectivity index (χ2v) is 21.7. The van der Waals surface area contributed by atoms with Gasteiger partial charge in [0.1, 0.15) is 16.9 Å². The number of aryl methyl sites for hydroxylation is 2. The minimum absolute atomic E-state index is 0.136. The molecule has 0 bridgehead atoms. The average Bonchev–Trinajstić information content (AvgIpc) is 3.42. The highest BCUT2D eigenvalue weighted by atomic mass is 31.1. The molecule has 0 saturated carbocycles. The molecule has 0 amide bonds. The maximum Gasteiger partial charge on any atom is 0.387 e. The first kappa shape index (κ1) is 52.9. The standard InChI is InChI=1S/C58H93O4P/c1-13-21-26-43(17-5)33-48-37-50(35-45(19-7)28-23-15-3)56-52(39-48)53-40-49(34-44(18-6)27-22-14-2)38-51(36-46(20-8)29-24-16-4)57(53)62-63(61-56)60-31-25-30-47-32-42(9)55(59)54(41-47)58(10,11)12/h32,37-41,43-46,59H,13-31,33-36H2,1-12H3. The Balaban J connectivity index is 1.99. The number of phenolic OH excluding ortho intramolecular Hbond substituents is 1. The Morgan fingerprint density at radius 1 is 0.540 bits per heavy atom. The van der Waals surface area contributed by atoms with Gasteiger partial charge in [-0.2, -0.15) is 0 Å². The maximum absolute atomic E-state index is 10.9. The van der Waals surface area contributed by atoms with Gasteiger partial charge >= 0.3 is 8.24 Å². The minimum atomic E-state index is -1.72. The van der Waals surface area contributed by atoms with E-state index in [0.717, 1.165) is 60.8 Å². The molecule has 0 aliphatic rings. The molecule has 4 aromatic rings. The normalized spacial score (nSPS) is 14.4. The number of aromatic hydroxyl groups is 1. The monoisotopic (exact) mass is 885 g/mol. The molecule has 0 spiro atoms. The first-order valence-corrected chi connectivity index (χ1v) is 27.4. The number of benzene rings is 3. The smallest absolute Gasteiger partial charge is 0.387 e. The molecule has 4 nitrogen and oxygen atoms in total. The molecule has 0 fully saturated rings. The van der Waals surface area contributed by atoms with Crippen LogP contribution in [0.5, 0.6) is 5.75 Å². The van der Waals surface area contributed by atoms with Crippen LogP contribution in [0.25, 0.3) is 21.9 Å². The molecular formula is C58H93O4P. The number of unbranched alkanes of at least 4 members (excludes halogenated alkanes) is 4. The summed E-state index contributed by atoms with van der Waals surface area (Å²) >= 11 is 0. The van der Waals surface area contributed by atoms with E-state index in [4.69, 9.17) is 12.9 Å². The Morgan fingerprint density at radius 3 is 1.33 bits per heavy atom. The van der Waals surface area contributed by atoms with Crippen molar-refractivity contribution in [2.24, 2.45) is 23.7 Å². The third kappa shape index (κ3) is 16.0. The first-order valence-electron chi connectivity index (χ1n) is 26.3. The molecule has 4 unspecified atom stereocenters. The van der Waals surface area contributed by atoms with E-state index in [2.05, 4.69) is 113 Å². The largest absolute Gasteiger partial charge is 0.507 e. The topological polar surface area (TPSA) is 55.7 Å². The Morgan fingerprint density at radius 2 is 0.952 bits per heavy atom. The van der Waals surface area contributed by atoms with E-state index in [1.165, 1.54) is 141 Å². The Labute approximate surface area is 387 Å². The van der Waals surface area contributed by atoms with Crippen LogP contribution in [0.4, 0.5) is 0 Å². The molecule has 354 valence electrons. The van der Waals surface area contributed by atoms with Gasteiger partial charge in [-0.05, 0) is 126 Å². The molecule has 1 aromatic heterocycles. The molecular weight excluding hydrogens is 792 g/mol. The van der Waals surface area contributed by atoms with Gasteiger partial charge in [-0.15, -0.1) is 0 Å². The van der Waals surface area contributed by atoms with E-state index in [1.54, 1.807) is 0 Å². The first-order chi connectivity index (χ1) is 30.3. The lowest BCUT2D eigenvalue weighted by atomic mass is 9.83. The Bertz CT molecular complexity index is 1880. The number of hydrogen-bond donors (Lipinski definition) is 1. The van der Waals surface area contributed by atoms with Gasteiger partial charge in [0.2, 0.25) is 0 Å². The lowest BCUT2D eigenvalue weighted by Crippen LogP contribution is -2.12. The maximum atomic E-state index is 10.9. The van der Waals surface area contributed by atoms with Gasteiger partial charge in [-0.3, -0.25) is 4.52 Å². The van der Waals surface area contributed by atoms with E-state index in [1.807, 2.05) is 6.92 Å². The van der Waals surface area contributed by atoms with Crippen molar-refractivity contribution < 1.29 is 18.0 Å². The van der Waals surface area contributed by atoms with Gasteiger partial charge in [0.05, 0.1) is 6.61 Å². The lowest BCUT2D eigenvalue weighted by Gasteiger charge is -2.22. The van der Waals surface area contributed by atoms with Crippen LogP contribution in [-0.4, -0.2) is 11.7 Å². The van der Waals surface area contributed by atoms with Crippen molar-refractivity contribution in [3.63, 3.8) is 0 Å². The summed E-state index contributed by atoms with van der Waals surface area (Å²) in [6, 6.07) is 14.4. The molecule has 5 heteroatoms. The molecule has 0 radical (unpaired) electrons. The van der Waals surface area contributed by atoms with Crippen molar-refractivity contribution in [3.05, 3.63) is 75.3 Å². The van der Waals surface area contributed by atoms with Crippen molar-refractivity contribution in [3.8, 4) is 5.75 Å². The van der Waals surface area contributed by atoms with Gasteiger partial charge in [0.15, 0.2) is 0 Å². The van der Waals surface area contributed by atoms with Gasteiger partial charge in [-0.25, -0.2) is 0 Å². The number of rotatable bonds is 29. The van der Waals surface area contributed by atoms with Crippen molar-refractivity contribution in [1.29, 1.82) is 0 Å². The zero-order chi connectivity index (χ0) is 45.9. The third-order valence-electron chi connectivity index (χ3n) is 14.3. The van der Waals surface area contributed by atoms with Gasteiger partial charge in [-0.1, -0.05) is 203 Å². The molecule has 0 aliphatic carbocycles. The van der Waals surface area contributed by atoms with E-state index >= 15 is 0 Å². The fourth-order valence-electron chi connectivity index (χ4n) is 9.93. The minimum Gasteiger partial charge on any atom is -0.507 e. The molecule has 0 saturated heterocycles. The van der Waals surface area contributed by atoms with Crippen molar-refractivity contribution in [2.45, 2.75) is 230 Å². The van der Waals surface area contributed by atoms with E-state index < -0.39 is 8.24 Å². The van der Waals surface area contributed by atoms with Crippen LogP contribution in [-0.2, 0) is 37.5 Å². The summed E-state index contributed by atoms with van der Waals surface area (Å²) in [4.78, 5) is 0. The number of hydrogen-bond acceptors (Lipinski definition) is 4. The van der Waals surface area contributed by atoms with Crippen LogP contribution in [0.2, 0.25) is 0 Å². The van der Waals surface area contributed by atoms with Crippen LogP contribution in [0.3, 0.4) is 0 Å². The predicted octanol–water partition coefficient (Wildman–Crippen LogP) is 18.7. The van der Waals surface area contributed by atoms with Crippen LogP contribution in [0, 0.1) is 30.6 Å². The molecule has 0 aliphatic heterocycles. The highest BCUT2D eigenvalue weighted by Crippen LogP contribution is 2.41. The van der Waals surface area contributed by atoms with Gasteiger partial charge < -0.3 is 13.5 Å². The van der Waals surface area contributed by atoms with Crippen LogP contribution >= 0.6 is 8.24 Å². The van der Waals surface area contributed by atoms with Gasteiger partial charge in [0, 0.05) is 10.8 Å². The third-order valence-corrected chi connectivity index (χ3v) is 15.3. The van der Waals surface area contributed by atoms with Crippen LogP contribution in [0.1, 0.15) is 224 Å². The fraction of sp³-hybridized carbons (Fsp3) is 0.690. The Hall–Kier alpha value is -2.68. The summed E-state index contributed by atoms with van der Waals surface area (Å²) in [5.74, 6) is 2.97. The lowest BCUT2D eigenvalue weighted by molar-refractivity contribution is 0.363. The van der Waals surface area contributed by atoms with E-state index in [9.17, 15) is 5.11 Å². The average molecular weight is 885 g/mol. The second kappa shape index (κ2) is 27.1. The zero-order valence-corrected chi connectivity index (χ0v) is 43.6. The number of phenols is 1. The van der Waals surface area contributed by atoms with Crippen LogP contribution in [0.15, 0.2) is 44.8 Å². The molecule has 1 heterocycles.